The largest absolute Gasteiger partial charge is 0.458 e. The highest BCUT2D eigenvalue weighted by molar-refractivity contribution is 5.76. The molecule has 1 N–H and O–H groups in total. The highest BCUT2D eigenvalue weighted by atomic mass is 16.7. The van der Waals surface area contributed by atoms with Crippen molar-refractivity contribution >= 4 is 5.97 Å². The Morgan fingerprint density at radius 2 is 1.75 bits per heavy atom. The van der Waals surface area contributed by atoms with Gasteiger partial charge in [0.15, 0.2) is 0 Å². The van der Waals surface area contributed by atoms with Crippen molar-refractivity contribution in [1.82, 2.24) is 0 Å². The molecule has 0 aromatic heterocycles. The second-order valence-electron chi connectivity index (χ2n) is 7.29. The van der Waals surface area contributed by atoms with Crippen molar-refractivity contribution < 1.29 is 24.1 Å². The number of rotatable bonds is 3. The molecule has 5 nitrogen and oxygen atoms in total. The van der Waals surface area contributed by atoms with Gasteiger partial charge in [-0.2, -0.15) is 0 Å². The second-order valence-corrected chi connectivity index (χ2v) is 7.29. The Labute approximate surface area is 121 Å². The third-order valence-electron chi connectivity index (χ3n) is 2.78. The molecule has 20 heavy (non-hydrogen) atoms. The molecule has 1 aliphatic heterocycles. The van der Waals surface area contributed by atoms with Crippen LogP contribution in [0, 0.1) is 0 Å². The Bertz CT molecular complexity index is 331. The molecule has 0 bridgehead atoms. The Balaban J connectivity index is 2.92. The molecule has 1 saturated heterocycles. The first-order chi connectivity index (χ1) is 8.93. The summed E-state index contributed by atoms with van der Waals surface area (Å²) in [5, 5.41) is 10.6. The molecule has 1 fully saturated rings. The second kappa shape index (κ2) is 6.00. The van der Waals surface area contributed by atoms with Crippen molar-refractivity contribution in [3.05, 3.63) is 0 Å². The number of aliphatic hydroxyl groups is 1. The van der Waals surface area contributed by atoms with Gasteiger partial charge in [0.05, 0.1) is 12.2 Å². The Kier molecular flexibility index (Phi) is 5.22. The molecule has 0 spiro atoms. The summed E-state index contributed by atoms with van der Waals surface area (Å²) in [6.45, 7) is 11.3. The van der Waals surface area contributed by atoms with E-state index in [1.165, 1.54) is 0 Å². The first-order valence-corrected chi connectivity index (χ1v) is 7.20. The third-order valence-corrected chi connectivity index (χ3v) is 2.78. The van der Waals surface area contributed by atoms with Crippen LogP contribution in [0.1, 0.15) is 60.8 Å². The number of hydrogen-bond donors (Lipinski definition) is 1. The van der Waals surface area contributed by atoms with Gasteiger partial charge < -0.3 is 19.3 Å². The van der Waals surface area contributed by atoms with Crippen LogP contribution in [0.3, 0.4) is 0 Å². The molecule has 1 heterocycles. The standard InChI is InChI=1S/C15H28O5/c1-13(2,3)19-11(12(16)20-14(4,5)6)15(17)9-7-8-10-18-15/h11,17H,7-10H2,1-6H3. The lowest BCUT2D eigenvalue weighted by Crippen LogP contribution is -2.56. The zero-order chi connectivity index (χ0) is 15.6. The number of carbonyl (C=O) groups is 1. The lowest BCUT2D eigenvalue weighted by Gasteiger charge is -2.40. The molecular weight excluding hydrogens is 260 g/mol. The molecule has 0 radical (unpaired) electrons. The van der Waals surface area contributed by atoms with Crippen molar-refractivity contribution in [2.45, 2.75) is 83.9 Å². The van der Waals surface area contributed by atoms with Gasteiger partial charge in [0, 0.05) is 6.42 Å². The van der Waals surface area contributed by atoms with Crippen LogP contribution < -0.4 is 0 Å². The zero-order valence-electron chi connectivity index (χ0n) is 13.5. The minimum atomic E-state index is -1.60. The molecule has 5 heteroatoms. The van der Waals surface area contributed by atoms with Gasteiger partial charge in [0.25, 0.3) is 0 Å². The van der Waals surface area contributed by atoms with Crippen molar-refractivity contribution in [3.63, 3.8) is 0 Å². The highest BCUT2D eigenvalue weighted by Gasteiger charge is 2.48. The van der Waals surface area contributed by atoms with E-state index in [2.05, 4.69) is 0 Å². The lowest BCUT2D eigenvalue weighted by atomic mass is 9.98. The topological polar surface area (TPSA) is 65.0 Å². The van der Waals surface area contributed by atoms with Crippen LogP contribution in [0.2, 0.25) is 0 Å². The molecule has 2 atom stereocenters. The summed E-state index contributed by atoms with van der Waals surface area (Å²) in [4.78, 5) is 12.4. The molecule has 0 aromatic rings. The summed E-state index contributed by atoms with van der Waals surface area (Å²) in [7, 11) is 0. The van der Waals surface area contributed by atoms with Crippen LogP contribution in [0.25, 0.3) is 0 Å². The number of ether oxygens (including phenoxy) is 3. The smallest absolute Gasteiger partial charge is 0.341 e. The van der Waals surface area contributed by atoms with Gasteiger partial charge in [-0.1, -0.05) is 0 Å². The van der Waals surface area contributed by atoms with Crippen molar-refractivity contribution in [2.75, 3.05) is 6.61 Å². The molecular formula is C15H28O5. The van der Waals surface area contributed by atoms with E-state index in [0.29, 0.717) is 13.0 Å². The summed E-state index contributed by atoms with van der Waals surface area (Å²) in [5.74, 6) is -2.19. The van der Waals surface area contributed by atoms with E-state index in [1.54, 1.807) is 20.8 Å². The molecule has 0 saturated carbocycles. The lowest BCUT2D eigenvalue weighted by molar-refractivity contribution is -0.297. The molecule has 2 unspecified atom stereocenters. The first kappa shape index (κ1) is 17.4. The molecule has 1 rings (SSSR count). The predicted octanol–water partition coefficient (Wildman–Crippen LogP) is 2.40. The van der Waals surface area contributed by atoms with E-state index in [-0.39, 0.29) is 0 Å². The Morgan fingerprint density at radius 3 is 2.15 bits per heavy atom. The summed E-state index contributed by atoms with van der Waals surface area (Å²) >= 11 is 0. The van der Waals surface area contributed by atoms with E-state index in [4.69, 9.17) is 14.2 Å². The van der Waals surface area contributed by atoms with Gasteiger partial charge >= 0.3 is 5.97 Å². The molecule has 0 amide bonds. The van der Waals surface area contributed by atoms with Crippen LogP contribution in [-0.2, 0) is 19.0 Å². The maximum absolute atomic E-state index is 12.4. The van der Waals surface area contributed by atoms with Crippen LogP contribution in [0.15, 0.2) is 0 Å². The number of hydrogen-bond acceptors (Lipinski definition) is 5. The molecule has 118 valence electrons. The van der Waals surface area contributed by atoms with Gasteiger partial charge in [-0.3, -0.25) is 0 Å². The summed E-state index contributed by atoms with van der Waals surface area (Å²) in [5.41, 5.74) is -1.22. The van der Waals surface area contributed by atoms with Crippen molar-refractivity contribution in [1.29, 1.82) is 0 Å². The fourth-order valence-corrected chi connectivity index (χ4v) is 2.04. The van der Waals surface area contributed by atoms with E-state index in [9.17, 15) is 9.90 Å². The van der Waals surface area contributed by atoms with E-state index >= 15 is 0 Å². The minimum absolute atomic E-state index is 0.368. The first-order valence-electron chi connectivity index (χ1n) is 7.20. The zero-order valence-corrected chi connectivity index (χ0v) is 13.5. The Morgan fingerprint density at radius 1 is 1.15 bits per heavy atom. The number of carbonyl (C=O) groups excluding carboxylic acids is 1. The average Bonchev–Trinajstić information content (AvgIpc) is 2.23. The maximum Gasteiger partial charge on any atom is 0.341 e. The van der Waals surface area contributed by atoms with Gasteiger partial charge in [0.1, 0.15) is 5.60 Å². The van der Waals surface area contributed by atoms with Gasteiger partial charge in [-0.05, 0) is 54.4 Å². The normalized spacial score (nSPS) is 26.1. The fourth-order valence-electron chi connectivity index (χ4n) is 2.04. The van der Waals surface area contributed by atoms with Crippen LogP contribution in [0.4, 0.5) is 0 Å². The highest BCUT2D eigenvalue weighted by Crippen LogP contribution is 2.31. The molecule has 0 aromatic carbocycles. The quantitative estimate of drug-likeness (QED) is 0.808. The minimum Gasteiger partial charge on any atom is -0.458 e. The fraction of sp³-hybridized carbons (Fsp3) is 0.933. The molecule has 0 aliphatic carbocycles. The van der Waals surface area contributed by atoms with Crippen LogP contribution in [-0.4, -0.2) is 40.8 Å². The van der Waals surface area contributed by atoms with Gasteiger partial charge in [-0.15, -0.1) is 0 Å². The Hall–Kier alpha value is -0.650. The average molecular weight is 288 g/mol. The third kappa shape index (κ3) is 5.38. The van der Waals surface area contributed by atoms with Crippen molar-refractivity contribution in [3.8, 4) is 0 Å². The number of esters is 1. The molecule has 1 aliphatic rings. The van der Waals surface area contributed by atoms with Gasteiger partial charge in [-0.25, -0.2) is 4.79 Å². The summed E-state index contributed by atoms with van der Waals surface area (Å²) in [6.07, 6.45) is 0.900. The summed E-state index contributed by atoms with van der Waals surface area (Å²) in [6, 6.07) is 0. The maximum atomic E-state index is 12.4. The van der Waals surface area contributed by atoms with Crippen LogP contribution in [0.5, 0.6) is 0 Å². The van der Waals surface area contributed by atoms with Gasteiger partial charge in [0.2, 0.25) is 11.9 Å². The van der Waals surface area contributed by atoms with E-state index in [0.717, 1.165) is 12.8 Å². The predicted molar refractivity (Wildman–Crippen MR) is 75.2 cm³/mol. The van der Waals surface area contributed by atoms with E-state index < -0.39 is 29.1 Å². The SMILES string of the molecule is CC(C)(C)OC(=O)C(OC(C)(C)C)C1(O)CCCCO1. The monoisotopic (exact) mass is 288 g/mol. The van der Waals surface area contributed by atoms with E-state index in [1.807, 2.05) is 20.8 Å². The van der Waals surface area contributed by atoms with Crippen molar-refractivity contribution in [2.24, 2.45) is 0 Å². The summed E-state index contributed by atoms with van der Waals surface area (Å²) < 4.78 is 16.5. The van der Waals surface area contributed by atoms with Crippen LogP contribution >= 0.6 is 0 Å².